The minimum Gasteiger partial charge on any atom is -0.507 e. The fourth-order valence-corrected chi connectivity index (χ4v) is 7.83. The molecule has 0 amide bonds. The summed E-state index contributed by atoms with van der Waals surface area (Å²) in [4.78, 5) is 28.6. The van der Waals surface area contributed by atoms with E-state index in [1.165, 1.54) is 44.7 Å². The molecule has 5 rings (SSSR count). The number of rotatable bonds is 5. The Balaban J connectivity index is 1.43. The molecule has 0 fully saturated rings. The van der Waals surface area contributed by atoms with Gasteiger partial charge in [0.15, 0.2) is 11.2 Å². The van der Waals surface area contributed by atoms with Crippen molar-refractivity contribution in [1.29, 1.82) is 0 Å². The van der Waals surface area contributed by atoms with Gasteiger partial charge < -0.3 is 10.2 Å². The Morgan fingerprint density at radius 3 is 2.46 bits per heavy atom. The number of fused-ring (bicyclic) bond motifs is 3. The second-order valence-electron chi connectivity index (χ2n) is 7.69. The molecule has 0 radical (unpaired) electrons. The average molecular weight is 535 g/mol. The number of hydrogen-bond donors (Lipinski definition) is 2. The van der Waals surface area contributed by atoms with E-state index in [9.17, 15) is 19.8 Å². The van der Waals surface area contributed by atoms with Gasteiger partial charge in [0.05, 0.1) is 9.60 Å². The van der Waals surface area contributed by atoms with Crippen molar-refractivity contribution < 1.29 is 15.0 Å². The number of thioether (sulfide) groups is 1. The fraction of sp³-hybridized carbons (Fsp3) is 0.0370. The second-order valence-corrected chi connectivity index (χ2v) is 12.2. The van der Waals surface area contributed by atoms with Crippen molar-refractivity contribution in [2.75, 3.05) is 0 Å². The maximum atomic E-state index is 13.0. The van der Waals surface area contributed by atoms with E-state index in [1.54, 1.807) is 42.5 Å². The van der Waals surface area contributed by atoms with E-state index in [-0.39, 0.29) is 29.1 Å². The van der Waals surface area contributed by atoms with Crippen LogP contribution < -0.4 is 5.43 Å². The summed E-state index contributed by atoms with van der Waals surface area (Å²) in [6, 6.07) is 14.2. The zero-order chi connectivity index (χ0) is 24.5. The van der Waals surface area contributed by atoms with Crippen LogP contribution in [0.1, 0.15) is 16.8 Å². The molecule has 1 aliphatic rings. The highest BCUT2D eigenvalue weighted by Crippen LogP contribution is 2.48. The third kappa shape index (κ3) is 4.79. The van der Waals surface area contributed by atoms with Crippen molar-refractivity contribution in [2.24, 2.45) is 0 Å². The summed E-state index contributed by atoms with van der Waals surface area (Å²) in [5, 5.41) is 22.3. The first kappa shape index (κ1) is 23.8. The summed E-state index contributed by atoms with van der Waals surface area (Å²) < 4.78 is 1.39. The molecule has 0 unspecified atom stereocenters. The van der Waals surface area contributed by atoms with Crippen LogP contribution >= 0.6 is 44.7 Å². The van der Waals surface area contributed by atoms with Crippen molar-refractivity contribution >= 4 is 70.6 Å². The van der Waals surface area contributed by atoms with Crippen LogP contribution in [0.2, 0.25) is 0 Å². The quantitative estimate of drug-likeness (QED) is 0.153. The largest absolute Gasteiger partial charge is 0.507 e. The molecule has 0 atom stereocenters. The zero-order valence-corrected chi connectivity index (χ0v) is 21.5. The lowest BCUT2D eigenvalue weighted by Crippen LogP contribution is -2.07. The van der Waals surface area contributed by atoms with Gasteiger partial charge >= 0.3 is 0 Å². The minimum absolute atomic E-state index is 0.0486. The van der Waals surface area contributed by atoms with Gasteiger partial charge in [0, 0.05) is 37.2 Å². The highest BCUT2D eigenvalue weighted by molar-refractivity contribution is 8.76. The van der Waals surface area contributed by atoms with E-state index in [2.05, 4.69) is 6.58 Å². The SMILES string of the molecule is C=C/C=C\C=C1/CC(=O)c2cc(SSc3cc(O)c4sc5ccccc5c(=O)c4c3)cc(O)c2S1. The Kier molecular flexibility index (Phi) is 6.80. The van der Waals surface area contributed by atoms with Crippen molar-refractivity contribution in [2.45, 2.75) is 21.1 Å². The fourth-order valence-electron chi connectivity index (χ4n) is 3.71. The first-order valence-corrected chi connectivity index (χ1v) is 14.3. The summed E-state index contributed by atoms with van der Waals surface area (Å²) in [5.74, 6) is 0.0642. The predicted molar refractivity (Wildman–Crippen MR) is 149 cm³/mol. The number of phenols is 2. The minimum atomic E-state index is -0.113. The highest BCUT2D eigenvalue weighted by Gasteiger charge is 2.25. The molecule has 4 nitrogen and oxygen atoms in total. The molecule has 0 spiro atoms. The molecular formula is C27H18O4S4. The van der Waals surface area contributed by atoms with Crippen LogP contribution in [0.4, 0.5) is 0 Å². The van der Waals surface area contributed by atoms with E-state index < -0.39 is 0 Å². The standard InChI is InChI=1S/C27H18O4S4/c1-2-3-4-7-15-12-21(28)19-10-16(13-22(29)26(19)32-15)34-35-17-11-20-25(31)18-8-5-6-9-24(18)33-27(20)23(30)14-17/h2-11,13-14,29-30H,1,12H2/b4-3-,15-7+. The van der Waals surface area contributed by atoms with Gasteiger partial charge in [-0.3, -0.25) is 9.59 Å². The lowest BCUT2D eigenvalue weighted by Gasteiger charge is -2.19. The zero-order valence-electron chi connectivity index (χ0n) is 18.2. The van der Waals surface area contributed by atoms with Crippen molar-refractivity contribution in [3.63, 3.8) is 0 Å². The number of carbonyl (C=O) groups is 1. The molecule has 0 aliphatic carbocycles. The normalized spacial score (nSPS) is 14.7. The monoisotopic (exact) mass is 534 g/mol. The molecule has 0 bridgehead atoms. The first-order chi connectivity index (χ1) is 16.9. The maximum absolute atomic E-state index is 13.0. The Morgan fingerprint density at radius 1 is 0.914 bits per heavy atom. The molecule has 174 valence electrons. The molecule has 8 heteroatoms. The molecule has 0 saturated carbocycles. The van der Waals surface area contributed by atoms with Crippen molar-refractivity contribution in [3.05, 3.63) is 100 Å². The van der Waals surface area contributed by atoms with Crippen LogP contribution in [0.5, 0.6) is 11.5 Å². The van der Waals surface area contributed by atoms with Crippen LogP contribution in [0.15, 0.2) is 104 Å². The van der Waals surface area contributed by atoms with E-state index in [0.717, 1.165) is 9.61 Å². The summed E-state index contributed by atoms with van der Waals surface area (Å²) in [6.07, 6.45) is 7.40. The van der Waals surface area contributed by atoms with Crippen molar-refractivity contribution in [1.82, 2.24) is 0 Å². The number of phenolic OH excluding ortho intramolecular Hbond substituents is 2. The van der Waals surface area contributed by atoms with Crippen LogP contribution in [-0.4, -0.2) is 16.0 Å². The number of hydrogen-bond acceptors (Lipinski definition) is 8. The average Bonchev–Trinajstić information content (AvgIpc) is 2.84. The van der Waals surface area contributed by atoms with E-state index in [0.29, 0.717) is 35.7 Å². The van der Waals surface area contributed by atoms with Gasteiger partial charge in [-0.2, -0.15) is 0 Å². The van der Waals surface area contributed by atoms with Crippen molar-refractivity contribution in [3.8, 4) is 11.5 Å². The Hall–Kier alpha value is -2.91. The molecule has 0 saturated heterocycles. The van der Waals surface area contributed by atoms with Gasteiger partial charge in [-0.05, 0) is 41.3 Å². The maximum Gasteiger partial charge on any atom is 0.196 e. The van der Waals surface area contributed by atoms with Gasteiger partial charge in [0.1, 0.15) is 11.5 Å². The Labute approximate surface area is 217 Å². The molecule has 2 N–H and O–H groups in total. The Bertz CT molecular complexity index is 1630. The Morgan fingerprint density at radius 2 is 1.66 bits per heavy atom. The smallest absolute Gasteiger partial charge is 0.196 e. The molecule has 3 aromatic carbocycles. The van der Waals surface area contributed by atoms with E-state index in [4.69, 9.17) is 0 Å². The number of aromatic hydroxyl groups is 2. The second kappa shape index (κ2) is 9.99. The summed E-state index contributed by atoms with van der Waals surface area (Å²) in [6.45, 7) is 3.63. The van der Waals surface area contributed by atoms with Gasteiger partial charge in [-0.1, -0.05) is 76.4 Å². The van der Waals surface area contributed by atoms with Gasteiger partial charge in [0.2, 0.25) is 0 Å². The van der Waals surface area contributed by atoms with Crippen LogP contribution in [0.25, 0.3) is 20.2 Å². The third-order valence-electron chi connectivity index (χ3n) is 5.31. The first-order valence-electron chi connectivity index (χ1n) is 10.5. The summed E-state index contributed by atoms with van der Waals surface area (Å²) in [7, 11) is 2.71. The third-order valence-corrected chi connectivity index (χ3v) is 10.0. The number of benzene rings is 3. The van der Waals surface area contributed by atoms with Gasteiger partial charge in [-0.25, -0.2) is 0 Å². The van der Waals surface area contributed by atoms with Gasteiger partial charge in [-0.15, -0.1) is 11.3 Å². The van der Waals surface area contributed by atoms with E-state index in [1.807, 2.05) is 30.4 Å². The molecule has 1 aliphatic heterocycles. The van der Waals surface area contributed by atoms with E-state index >= 15 is 0 Å². The summed E-state index contributed by atoms with van der Waals surface area (Å²) in [5.41, 5.74) is 0.386. The number of carbonyl (C=O) groups excluding carboxylic acids is 1. The summed E-state index contributed by atoms with van der Waals surface area (Å²) >= 11 is 2.78. The lowest BCUT2D eigenvalue weighted by atomic mass is 10.1. The molecule has 4 aromatic rings. The molecule has 1 aromatic heterocycles. The number of ketones is 1. The molecule has 2 heterocycles. The number of allylic oxidation sites excluding steroid dienone is 5. The molecular weight excluding hydrogens is 517 g/mol. The van der Waals surface area contributed by atoms with Crippen LogP contribution in [0, 0.1) is 0 Å². The lowest BCUT2D eigenvalue weighted by molar-refractivity contribution is 0.0989. The topological polar surface area (TPSA) is 74.6 Å². The van der Waals surface area contributed by atoms with Crippen LogP contribution in [0.3, 0.4) is 0 Å². The van der Waals surface area contributed by atoms with Crippen LogP contribution in [-0.2, 0) is 0 Å². The number of Topliss-reactive ketones (excluding diaryl/α,β-unsaturated/α-hetero) is 1. The molecule has 35 heavy (non-hydrogen) atoms. The van der Waals surface area contributed by atoms with Gasteiger partial charge in [0.25, 0.3) is 0 Å². The predicted octanol–water partition coefficient (Wildman–Crippen LogP) is 7.93. The highest BCUT2D eigenvalue weighted by atomic mass is 33.1.